The Morgan fingerprint density at radius 2 is 1.98 bits per heavy atom. The van der Waals surface area contributed by atoms with Crippen molar-refractivity contribution < 1.29 is 28.2 Å². The zero-order valence-electron chi connectivity index (χ0n) is 23.1. The number of nitrogens with one attached hydrogen (secondary N) is 2. The Hall–Kier alpha value is -1.85. The van der Waals surface area contributed by atoms with Crippen LogP contribution in [0.1, 0.15) is 57.6 Å². The summed E-state index contributed by atoms with van der Waals surface area (Å²) in [7, 11) is 0. The third kappa shape index (κ3) is 6.31. The van der Waals surface area contributed by atoms with Gasteiger partial charge in [0.2, 0.25) is 5.91 Å². The molecule has 2 aromatic rings. The van der Waals surface area contributed by atoms with E-state index in [9.17, 15) is 9.90 Å². The average Bonchev–Trinajstić information content (AvgIpc) is 3.36. The van der Waals surface area contributed by atoms with Crippen molar-refractivity contribution in [2.24, 2.45) is 11.1 Å². The fourth-order valence-electron chi connectivity index (χ4n) is 5.78. The second kappa shape index (κ2) is 11.8. The Bertz CT molecular complexity index is 1250. The Kier molecular flexibility index (Phi) is 9.17. The smallest absolute Gasteiger partial charge is 0.237 e. The lowest BCUT2D eigenvalue weighted by molar-refractivity contribution is -0.138. The maximum atomic E-state index is 15.6. The zero-order chi connectivity index (χ0) is 29.5. The van der Waals surface area contributed by atoms with Gasteiger partial charge in [-0.15, -0.1) is 0 Å². The monoisotopic (exact) mass is 599 g/mol. The molecule has 0 unspecified atom stereocenters. The summed E-state index contributed by atoms with van der Waals surface area (Å²) in [4.78, 5) is 13.7. The quantitative estimate of drug-likeness (QED) is 0.335. The maximum absolute atomic E-state index is 15.6. The van der Waals surface area contributed by atoms with Crippen LogP contribution in [-0.2, 0) is 19.8 Å². The molecule has 0 aliphatic carbocycles. The molecule has 2 aromatic carbocycles. The first-order chi connectivity index (χ1) is 18.7. The molecule has 2 saturated heterocycles. The minimum atomic E-state index is -1.62. The molecule has 1 amide bonds. The van der Waals surface area contributed by atoms with Crippen LogP contribution in [0.5, 0.6) is 0 Å². The highest BCUT2D eigenvalue weighted by Gasteiger charge is 2.58. The van der Waals surface area contributed by atoms with Crippen LogP contribution >= 0.6 is 23.2 Å². The third-order valence-electron chi connectivity index (χ3n) is 7.82. The molecular formula is C29H37Cl2F2N3O4. The van der Waals surface area contributed by atoms with Gasteiger partial charge in [-0.25, -0.2) is 8.78 Å². The number of nitrogens with two attached hydrogens (primary N) is 1. The summed E-state index contributed by atoms with van der Waals surface area (Å²) in [5, 5.41) is 16.3. The minimum Gasteiger partial charge on any atom is -0.396 e. The number of carbonyl (C=O) groups excluding carboxylic acids is 1. The number of benzene rings is 2. The molecule has 2 aliphatic heterocycles. The maximum Gasteiger partial charge on any atom is 0.237 e. The van der Waals surface area contributed by atoms with E-state index >= 15 is 8.78 Å². The molecule has 0 saturated carbocycles. The van der Waals surface area contributed by atoms with E-state index in [1.165, 1.54) is 24.3 Å². The van der Waals surface area contributed by atoms with Gasteiger partial charge in [0.1, 0.15) is 11.6 Å². The van der Waals surface area contributed by atoms with Gasteiger partial charge in [0, 0.05) is 35.7 Å². The van der Waals surface area contributed by atoms with Crippen molar-refractivity contribution in [2.75, 3.05) is 19.8 Å². The molecule has 220 valence electrons. The van der Waals surface area contributed by atoms with Gasteiger partial charge in [-0.3, -0.25) is 4.79 Å². The van der Waals surface area contributed by atoms with Crippen LogP contribution in [0.15, 0.2) is 36.4 Å². The summed E-state index contributed by atoms with van der Waals surface area (Å²) in [5.41, 5.74) is 5.04. The Labute approximate surface area is 243 Å². The van der Waals surface area contributed by atoms with Gasteiger partial charge in [-0.2, -0.15) is 0 Å². The summed E-state index contributed by atoms with van der Waals surface area (Å²) in [5.74, 6) is -3.61. The summed E-state index contributed by atoms with van der Waals surface area (Å²) in [6, 6.07) is 6.80. The lowest BCUT2D eigenvalue weighted by Gasteiger charge is -2.40. The van der Waals surface area contributed by atoms with E-state index < -0.39 is 52.3 Å². The molecule has 0 spiro atoms. The Morgan fingerprint density at radius 3 is 2.60 bits per heavy atom. The zero-order valence-corrected chi connectivity index (χ0v) is 24.6. The van der Waals surface area contributed by atoms with Crippen molar-refractivity contribution in [1.29, 1.82) is 0 Å². The van der Waals surface area contributed by atoms with Crippen LogP contribution in [0, 0.1) is 17.0 Å². The molecule has 5 N–H and O–H groups in total. The predicted octanol–water partition coefficient (Wildman–Crippen LogP) is 4.62. The normalized spacial score (nSPS) is 28.1. The Morgan fingerprint density at radius 1 is 1.25 bits per heavy atom. The van der Waals surface area contributed by atoms with Gasteiger partial charge in [-0.05, 0) is 55.9 Å². The highest BCUT2D eigenvalue weighted by Crippen LogP contribution is 2.49. The molecule has 7 nitrogen and oxygen atoms in total. The number of aliphatic hydroxyl groups is 1. The number of carbonyl (C=O) groups is 1. The van der Waals surface area contributed by atoms with E-state index in [0.717, 1.165) is 6.07 Å². The highest BCUT2D eigenvalue weighted by atomic mass is 35.5. The number of amides is 1. The largest absolute Gasteiger partial charge is 0.396 e. The van der Waals surface area contributed by atoms with Crippen molar-refractivity contribution in [3.63, 3.8) is 0 Å². The van der Waals surface area contributed by atoms with Crippen molar-refractivity contribution in [3.8, 4) is 0 Å². The van der Waals surface area contributed by atoms with Crippen molar-refractivity contribution in [3.05, 3.63) is 69.2 Å². The van der Waals surface area contributed by atoms with E-state index in [2.05, 4.69) is 10.6 Å². The summed E-state index contributed by atoms with van der Waals surface area (Å²) >= 11 is 12.2. The summed E-state index contributed by atoms with van der Waals surface area (Å²) < 4.78 is 42.6. The Balaban J connectivity index is 1.75. The molecule has 2 aliphatic rings. The topological polar surface area (TPSA) is 106 Å². The van der Waals surface area contributed by atoms with E-state index in [4.69, 9.17) is 38.4 Å². The van der Waals surface area contributed by atoms with Crippen LogP contribution in [0.3, 0.4) is 0 Å². The van der Waals surface area contributed by atoms with Crippen LogP contribution in [-0.4, -0.2) is 54.7 Å². The number of ether oxygens (including phenoxy) is 2. The second-order valence-corrected chi connectivity index (χ2v) is 12.8. The van der Waals surface area contributed by atoms with Crippen LogP contribution in [0.2, 0.25) is 10.0 Å². The second-order valence-electron chi connectivity index (χ2n) is 11.9. The van der Waals surface area contributed by atoms with E-state index in [-0.39, 0.29) is 46.8 Å². The number of hydrogen-bond acceptors (Lipinski definition) is 6. The standard InChI is InChI=1S/C29H37Cl2F2N3O4/c1-27(2,15-37)13-22-29(34,19-9-8-16(30)12-21(19)32)23(18-6-5-7-20(31)24(18)33)25(36-22)26(38)35-11-10-17-14-39-28(3,4)40-17/h5-9,12,17,22-23,25,36-37H,10-11,13-15,34H2,1-4H3,(H,35,38)/t17-,22-,23-,25+,29+/m0/s1. The van der Waals surface area contributed by atoms with Crippen molar-refractivity contribution in [2.45, 2.75) is 76.0 Å². The summed E-state index contributed by atoms with van der Waals surface area (Å²) in [6.07, 6.45) is 0.564. The molecule has 2 fully saturated rings. The molecule has 0 radical (unpaired) electrons. The fraction of sp³-hybridized carbons (Fsp3) is 0.552. The van der Waals surface area contributed by atoms with Crippen LogP contribution in [0.25, 0.3) is 0 Å². The van der Waals surface area contributed by atoms with Gasteiger partial charge < -0.3 is 30.9 Å². The predicted molar refractivity (Wildman–Crippen MR) is 150 cm³/mol. The average molecular weight is 601 g/mol. The third-order valence-corrected chi connectivity index (χ3v) is 8.35. The molecule has 0 aromatic heterocycles. The van der Waals surface area contributed by atoms with Crippen molar-refractivity contribution >= 4 is 29.1 Å². The van der Waals surface area contributed by atoms with Gasteiger partial charge in [0.15, 0.2) is 5.79 Å². The number of hydrogen-bond donors (Lipinski definition) is 4. The summed E-state index contributed by atoms with van der Waals surface area (Å²) in [6.45, 7) is 7.80. The van der Waals surface area contributed by atoms with E-state index in [1.54, 1.807) is 6.07 Å². The van der Waals surface area contributed by atoms with E-state index in [0.29, 0.717) is 13.0 Å². The van der Waals surface area contributed by atoms with Crippen LogP contribution in [0.4, 0.5) is 8.78 Å². The molecule has 4 rings (SSSR count). The highest BCUT2D eigenvalue weighted by molar-refractivity contribution is 6.31. The fourth-order valence-corrected chi connectivity index (χ4v) is 6.12. The molecular weight excluding hydrogens is 563 g/mol. The van der Waals surface area contributed by atoms with Crippen LogP contribution < -0.4 is 16.4 Å². The SMILES string of the molecule is CC(C)(CO)C[C@@H]1N[C@@H](C(=O)NCC[C@H]2COC(C)(C)O2)[C@H](c2cccc(Cl)c2F)[C@@]1(N)c1ccc(Cl)cc1F. The first kappa shape index (κ1) is 31.1. The molecule has 0 bridgehead atoms. The molecule has 40 heavy (non-hydrogen) atoms. The lowest BCUT2D eigenvalue weighted by Crippen LogP contribution is -2.53. The lowest BCUT2D eigenvalue weighted by atomic mass is 9.68. The molecule has 5 atom stereocenters. The van der Waals surface area contributed by atoms with Gasteiger partial charge in [-0.1, -0.05) is 55.2 Å². The van der Waals surface area contributed by atoms with Gasteiger partial charge in [0.25, 0.3) is 0 Å². The van der Waals surface area contributed by atoms with E-state index in [1.807, 2.05) is 27.7 Å². The first-order valence-electron chi connectivity index (χ1n) is 13.3. The van der Waals surface area contributed by atoms with Gasteiger partial charge >= 0.3 is 0 Å². The first-order valence-corrected chi connectivity index (χ1v) is 14.1. The molecule has 2 heterocycles. The van der Waals surface area contributed by atoms with Gasteiger partial charge in [0.05, 0.1) is 29.3 Å². The number of rotatable bonds is 9. The molecule has 11 heteroatoms. The number of aliphatic hydroxyl groups excluding tert-OH is 1. The number of halogens is 4. The minimum absolute atomic E-state index is 0.0709. The van der Waals surface area contributed by atoms with Crippen molar-refractivity contribution in [1.82, 2.24) is 10.6 Å².